The summed E-state index contributed by atoms with van der Waals surface area (Å²) in [5.41, 5.74) is 0.560. The molecular formula is C11H10FNO3. The lowest BCUT2D eigenvalue weighted by molar-refractivity contribution is 0.292. The maximum Gasteiger partial charge on any atom is 0.235 e. The smallest absolute Gasteiger partial charge is 0.235 e. The minimum Gasteiger partial charge on any atom is -0.489 e. The molecule has 0 N–H and O–H groups in total. The Morgan fingerprint density at radius 2 is 2.19 bits per heavy atom. The second-order valence-electron chi connectivity index (χ2n) is 3.36. The maximum absolute atomic E-state index is 13.6. The number of carbonyl (C=O) groups excluding carboxylic acids is 1. The van der Waals surface area contributed by atoms with Gasteiger partial charge in [-0.25, -0.2) is 14.2 Å². The molecule has 1 aliphatic rings. The summed E-state index contributed by atoms with van der Waals surface area (Å²) in [7, 11) is 0. The van der Waals surface area contributed by atoms with Crippen molar-refractivity contribution >= 4 is 6.08 Å². The van der Waals surface area contributed by atoms with Crippen molar-refractivity contribution in [2.75, 3.05) is 13.2 Å². The van der Waals surface area contributed by atoms with E-state index in [1.54, 1.807) is 6.07 Å². The van der Waals surface area contributed by atoms with Crippen LogP contribution in [0.5, 0.6) is 11.5 Å². The Morgan fingerprint density at radius 3 is 3.00 bits per heavy atom. The van der Waals surface area contributed by atoms with Gasteiger partial charge in [-0.1, -0.05) is 0 Å². The van der Waals surface area contributed by atoms with Crippen molar-refractivity contribution < 1.29 is 18.7 Å². The second-order valence-corrected chi connectivity index (χ2v) is 3.36. The van der Waals surface area contributed by atoms with Crippen LogP contribution in [0.15, 0.2) is 17.1 Å². The highest BCUT2D eigenvalue weighted by molar-refractivity contribution is 5.45. The molecule has 1 aromatic rings. The molecule has 0 bridgehead atoms. The van der Waals surface area contributed by atoms with Gasteiger partial charge in [0.25, 0.3) is 0 Å². The van der Waals surface area contributed by atoms with Crippen molar-refractivity contribution in [2.24, 2.45) is 4.99 Å². The van der Waals surface area contributed by atoms with Crippen LogP contribution in [0.25, 0.3) is 0 Å². The Morgan fingerprint density at radius 1 is 1.38 bits per heavy atom. The molecule has 84 valence electrons. The highest BCUT2D eigenvalue weighted by Gasteiger charge is 2.16. The zero-order chi connectivity index (χ0) is 11.4. The van der Waals surface area contributed by atoms with E-state index in [1.807, 2.05) is 0 Å². The summed E-state index contributed by atoms with van der Waals surface area (Å²) < 4.78 is 24.2. The molecule has 0 amide bonds. The number of hydrogen-bond donors (Lipinski definition) is 0. The molecule has 0 unspecified atom stereocenters. The predicted octanol–water partition coefficient (Wildman–Crippen LogP) is 1.82. The van der Waals surface area contributed by atoms with Crippen LogP contribution in [0.1, 0.15) is 12.0 Å². The van der Waals surface area contributed by atoms with Crippen LogP contribution >= 0.6 is 0 Å². The molecule has 16 heavy (non-hydrogen) atoms. The third-order valence-electron chi connectivity index (χ3n) is 2.19. The molecule has 0 aliphatic carbocycles. The number of ether oxygens (including phenoxy) is 2. The van der Waals surface area contributed by atoms with E-state index in [-0.39, 0.29) is 12.3 Å². The first-order valence-electron chi connectivity index (χ1n) is 4.93. The van der Waals surface area contributed by atoms with Gasteiger partial charge in [-0.05, 0) is 17.7 Å². The van der Waals surface area contributed by atoms with E-state index in [0.29, 0.717) is 24.5 Å². The van der Waals surface area contributed by atoms with Crippen LogP contribution in [0.3, 0.4) is 0 Å². The fraction of sp³-hybridized carbons (Fsp3) is 0.364. The summed E-state index contributed by atoms with van der Waals surface area (Å²) in [5.74, 6) is 0.0143. The molecule has 0 spiro atoms. The first-order chi connectivity index (χ1) is 7.81. The summed E-state index contributed by atoms with van der Waals surface area (Å²) >= 11 is 0. The normalized spacial score (nSPS) is 13.8. The van der Waals surface area contributed by atoms with Crippen LogP contribution < -0.4 is 9.47 Å². The van der Waals surface area contributed by atoms with E-state index in [9.17, 15) is 9.18 Å². The third-order valence-corrected chi connectivity index (χ3v) is 2.19. The summed E-state index contributed by atoms with van der Waals surface area (Å²) in [6, 6.07) is 2.92. The quantitative estimate of drug-likeness (QED) is 0.567. The van der Waals surface area contributed by atoms with Crippen LogP contribution in [0.4, 0.5) is 4.39 Å². The molecule has 0 saturated carbocycles. The molecule has 0 aromatic heterocycles. The third kappa shape index (κ3) is 2.20. The Labute approximate surface area is 91.7 Å². The van der Waals surface area contributed by atoms with Gasteiger partial charge in [0.15, 0.2) is 17.3 Å². The van der Waals surface area contributed by atoms with E-state index in [1.165, 1.54) is 12.1 Å². The Kier molecular flexibility index (Phi) is 3.17. The SMILES string of the molecule is O=C=NCc1cc(F)c2c(c1)OCCCO2. The van der Waals surface area contributed by atoms with Gasteiger partial charge in [-0.2, -0.15) is 0 Å². The van der Waals surface area contributed by atoms with Gasteiger partial charge in [-0.15, -0.1) is 0 Å². The largest absolute Gasteiger partial charge is 0.489 e. The monoisotopic (exact) mass is 223 g/mol. The van der Waals surface area contributed by atoms with E-state index in [0.717, 1.165) is 6.42 Å². The number of hydrogen-bond acceptors (Lipinski definition) is 4. The zero-order valence-corrected chi connectivity index (χ0v) is 8.53. The number of halogens is 1. The average molecular weight is 223 g/mol. The average Bonchev–Trinajstić information content (AvgIpc) is 2.51. The number of fused-ring (bicyclic) bond motifs is 1. The first-order valence-corrected chi connectivity index (χ1v) is 4.93. The van der Waals surface area contributed by atoms with Crippen molar-refractivity contribution in [3.63, 3.8) is 0 Å². The predicted molar refractivity (Wildman–Crippen MR) is 53.8 cm³/mol. The van der Waals surface area contributed by atoms with E-state index >= 15 is 0 Å². The van der Waals surface area contributed by atoms with E-state index in [2.05, 4.69) is 4.99 Å². The molecule has 5 heteroatoms. The number of isocyanates is 1. The van der Waals surface area contributed by atoms with Crippen molar-refractivity contribution in [2.45, 2.75) is 13.0 Å². The van der Waals surface area contributed by atoms with Gasteiger partial charge in [0.05, 0.1) is 19.8 Å². The Balaban J connectivity index is 2.35. The Bertz CT molecular complexity index is 441. The van der Waals surface area contributed by atoms with Crippen LogP contribution in [-0.2, 0) is 11.3 Å². The van der Waals surface area contributed by atoms with Gasteiger partial charge in [0.2, 0.25) is 6.08 Å². The van der Waals surface area contributed by atoms with Crippen molar-refractivity contribution in [1.29, 1.82) is 0 Å². The molecule has 0 radical (unpaired) electrons. The minimum absolute atomic E-state index is 0.0943. The molecular weight excluding hydrogens is 213 g/mol. The number of rotatable bonds is 2. The van der Waals surface area contributed by atoms with Crippen molar-refractivity contribution in [3.05, 3.63) is 23.5 Å². The summed E-state index contributed by atoms with van der Waals surface area (Å²) in [4.78, 5) is 13.4. The lowest BCUT2D eigenvalue weighted by atomic mass is 10.2. The van der Waals surface area contributed by atoms with Gasteiger partial charge < -0.3 is 9.47 Å². The fourth-order valence-corrected chi connectivity index (χ4v) is 1.50. The fourth-order valence-electron chi connectivity index (χ4n) is 1.50. The van der Waals surface area contributed by atoms with Crippen LogP contribution in [0, 0.1) is 5.82 Å². The second kappa shape index (κ2) is 4.77. The lowest BCUT2D eigenvalue weighted by Gasteiger charge is -2.09. The molecule has 1 aliphatic heterocycles. The summed E-state index contributed by atoms with van der Waals surface area (Å²) in [5, 5.41) is 0. The molecule has 4 nitrogen and oxygen atoms in total. The van der Waals surface area contributed by atoms with E-state index < -0.39 is 5.82 Å². The number of nitrogens with zero attached hydrogens (tertiary/aromatic N) is 1. The highest BCUT2D eigenvalue weighted by atomic mass is 19.1. The van der Waals surface area contributed by atoms with Gasteiger partial charge in [0, 0.05) is 6.42 Å². The first kappa shape index (κ1) is 10.6. The van der Waals surface area contributed by atoms with Crippen molar-refractivity contribution in [1.82, 2.24) is 0 Å². The van der Waals surface area contributed by atoms with Gasteiger partial charge in [-0.3, -0.25) is 0 Å². The summed E-state index contributed by atoms with van der Waals surface area (Å²) in [6.45, 7) is 1.03. The molecule has 0 atom stereocenters. The Hall–Kier alpha value is -1.87. The van der Waals surface area contributed by atoms with Crippen LogP contribution in [-0.4, -0.2) is 19.3 Å². The van der Waals surface area contributed by atoms with Gasteiger partial charge >= 0.3 is 0 Å². The lowest BCUT2D eigenvalue weighted by Crippen LogP contribution is -1.98. The van der Waals surface area contributed by atoms with Gasteiger partial charge in [0.1, 0.15) is 0 Å². The molecule has 1 heterocycles. The molecule has 0 saturated heterocycles. The van der Waals surface area contributed by atoms with Crippen molar-refractivity contribution in [3.8, 4) is 11.5 Å². The maximum atomic E-state index is 13.6. The standard InChI is InChI=1S/C11H10FNO3/c12-9-4-8(6-13-7-14)5-10-11(9)16-3-1-2-15-10/h4-5H,1-3,6H2. The topological polar surface area (TPSA) is 47.9 Å². The van der Waals surface area contributed by atoms with Crippen LogP contribution in [0.2, 0.25) is 0 Å². The minimum atomic E-state index is -0.490. The number of benzene rings is 1. The number of aliphatic imine (C=N–C) groups is 1. The van der Waals surface area contributed by atoms with E-state index in [4.69, 9.17) is 9.47 Å². The molecule has 1 aromatic carbocycles. The molecule has 0 fully saturated rings. The summed E-state index contributed by atoms with van der Waals surface area (Å²) in [6.07, 6.45) is 2.13. The highest BCUT2D eigenvalue weighted by Crippen LogP contribution is 2.33. The zero-order valence-electron chi connectivity index (χ0n) is 8.53. The molecule has 2 rings (SSSR count).